The molecular weight excluding hydrogens is 186 g/mol. The highest BCUT2D eigenvalue weighted by Gasteiger charge is 2.28. The van der Waals surface area contributed by atoms with Gasteiger partial charge in [0.1, 0.15) is 5.82 Å². The van der Waals surface area contributed by atoms with Crippen LogP contribution in [-0.2, 0) is 7.05 Å². The maximum absolute atomic E-state index is 4.80. The summed E-state index contributed by atoms with van der Waals surface area (Å²) in [4.78, 5) is 4.80. The van der Waals surface area contributed by atoms with E-state index in [0.717, 1.165) is 12.5 Å². The second-order valence-electron chi connectivity index (χ2n) is 4.91. The van der Waals surface area contributed by atoms with Crippen molar-refractivity contribution < 1.29 is 0 Å². The van der Waals surface area contributed by atoms with Crippen LogP contribution in [0.15, 0.2) is 6.20 Å². The van der Waals surface area contributed by atoms with Gasteiger partial charge in [-0.05, 0) is 32.2 Å². The second-order valence-corrected chi connectivity index (χ2v) is 4.91. The first kappa shape index (κ1) is 9.40. The van der Waals surface area contributed by atoms with Gasteiger partial charge in [0.15, 0.2) is 0 Å². The number of hydrogen-bond acceptors (Lipinski definition) is 2. The van der Waals surface area contributed by atoms with Crippen LogP contribution in [0.2, 0.25) is 0 Å². The van der Waals surface area contributed by atoms with Crippen molar-refractivity contribution in [1.29, 1.82) is 0 Å². The van der Waals surface area contributed by atoms with Gasteiger partial charge in [-0.3, -0.25) is 0 Å². The van der Waals surface area contributed by atoms with Crippen LogP contribution in [0.25, 0.3) is 0 Å². The number of hydrogen-bond donors (Lipinski definition) is 1. The van der Waals surface area contributed by atoms with Crippen molar-refractivity contribution in [2.75, 3.05) is 6.54 Å². The summed E-state index contributed by atoms with van der Waals surface area (Å²) in [6.45, 7) is 1.15. The van der Waals surface area contributed by atoms with Gasteiger partial charge in [0, 0.05) is 19.2 Å². The molecule has 3 heteroatoms. The Kier molecular flexibility index (Phi) is 2.28. The molecular formula is C12H19N3. The Labute approximate surface area is 90.9 Å². The summed E-state index contributed by atoms with van der Waals surface area (Å²) < 4.78 is 2.22. The minimum Gasteiger partial charge on any atom is -0.336 e. The van der Waals surface area contributed by atoms with Crippen LogP contribution in [0.5, 0.6) is 0 Å². The fourth-order valence-corrected chi connectivity index (χ4v) is 2.48. The van der Waals surface area contributed by atoms with Crippen molar-refractivity contribution in [3.8, 4) is 0 Å². The van der Waals surface area contributed by atoms with E-state index >= 15 is 0 Å². The zero-order valence-corrected chi connectivity index (χ0v) is 9.37. The Morgan fingerprint density at radius 2 is 2.20 bits per heavy atom. The molecule has 1 unspecified atom stereocenters. The molecule has 1 saturated heterocycles. The number of imidazole rings is 1. The number of piperidine rings is 1. The Morgan fingerprint density at radius 1 is 1.33 bits per heavy atom. The van der Waals surface area contributed by atoms with Gasteiger partial charge in [0.2, 0.25) is 0 Å². The summed E-state index contributed by atoms with van der Waals surface area (Å²) in [5.41, 5.74) is 1.32. The Balaban J connectivity index is 1.82. The molecule has 0 radical (unpaired) electrons. The van der Waals surface area contributed by atoms with Gasteiger partial charge in [0.05, 0.1) is 11.7 Å². The molecule has 0 amide bonds. The van der Waals surface area contributed by atoms with E-state index in [2.05, 4.69) is 23.1 Å². The highest BCUT2D eigenvalue weighted by Crippen LogP contribution is 2.39. The standard InChI is InChI=1S/C12H19N3/c1-15-8-11(9-5-6-9)14-12(15)10-4-2-3-7-13-10/h8-10,13H,2-7H2,1H3. The molecule has 82 valence electrons. The van der Waals surface area contributed by atoms with E-state index in [-0.39, 0.29) is 0 Å². The first-order valence-corrected chi connectivity index (χ1v) is 6.11. The third-order valence-electron chi connectivity index (χ3n) is 3.55. The molecule has 1 aliphatic carbocycles. The number of aryl methyl sites for hydroxylation is 1. The zero-order valence-electron chi connectivity index (χ0n) is 9.37. The van der Waals surface area contributed by atoms with E-state index in [4.69, 9.17) is 4.98 Å². The number of nitrogens with zero attached hydrogens (tertiary/aromatic N) is 2. The third-order valence-corrected chi connectivity index (χ3v) is 3.55. The molecule has 2 heterocycles. The average Bonchev–Trinajstić information content (AvgIpc) is 3.04. The average molecular weight is 205 g/mol. The minimum atomic E-state index is 0.497. The summed E-state index contributed by atoms with van der Waals surface area (Å²) in [7, 11) is 2.13. The van der Waals surface area contributed by atoms with Crippen molar-refractivity contribution in [2.24, 2.45) is 7.05 Å². The van der Waals surface area contributed by atoms with Gasteiger partial charge in [-0.1, -0.05) is 6.42 Å². The molecule has 1 saturated carbocycles. The zero-order chi connectivity index (χ0) is 10.3. The largest absolute Gasteiger partial charge is 0.336 e. The van der Waals surface area contributed by atoms with Gasteiger partial charge >= 0.3 is 0 Å². The first-order chi connectivity index (χ1) is 7.34. The fraction of sp³-hybridized carbons (Fsp3) is 0.750. The predicted molar refractivity (Wildman–Crippen MR) is 59.8 cm³/mol. The molecule has 1 N–H and O–H groups in total. The monoisotopic (exact) mass is 205 g/mol. The van der Waals surface area contributed by atoms with Crippen LogP contribution >= 0.6 is 0 Å². The first-order valence-electron chi connectivity index (χ1n) is 6.11. The molecule has 0 spiro atoms. The minimum absolute atomic E-state index is 0.497. The maximum Gasteiger partial charge on any atom is 0.125 e. The summed E-state index contributed by atoms with van der Waals surface area (Å²) >= 11 is 0. The number of aromatic nitrogens is 2. The van der Waals surface area contributed by atoms with Crippen LogP contribution in [0.3, 0.4) is 0 Å². The van der Waals surface area contributed by atoms with Gasteiger partial charge in [0.25, 0.3) is 0 Å². The molecule has 3 nitrogen and oxygen atoms in total. The number of nitrogens with one attached hydrogen (secondary N) is 1. The van der Waals surface area contributed by atoms with E-state index < -0.39 is 0 Å². The lowest BCUT2D eigenvalue weighted by molar-refractivity contribution is 0.390. The molecule has 15 heavy (non-hydrogen) atoms. The van der Waals surface area contributed by atoms with Crippen LogP contribution in [0, 0.1) is 0 Å². The van der Waals surface area contributed by atoms with E-state index in [0.29, 0.717) is 6.04 Å². The van der Waals surface area contributed by atoms with Crippen LogP contribution in [-0.4, -0.2) is 16.1 Å². The molecule has 0 aromatic carbocycles. The SMILES string of the molecule is Cn1cc(C2CC2)nc1C1CCCCN1. The molecule has 3 rings (SSSR count). The Bertz CT molecular complexity index is 346. The van der Waals surface area contributed by atoms with Crippen LogP contribution in [0.1, 0.15) is 55.6 Å². The third kappa shape index (κ3) is 1.81. The smallest absolute Gasteiger partial charge is 0.125 e. The van der Waals surface area contributed by atoms with Gasteiger partial charge in [-0.2, -0.15) is 0 Å². The topological polar surface area (TPSA) is 29.9 Å². The summed E-state index contributed by atoms with van der Waals surface area (Å²) in [5.74, 6) is 2.02. The molecule has 1 aromatic heterocycles. The Morgan fingerprint density at radius 3 is 2.87 bits per heavy atom. The van der Waals surface area contributed by atoms with Crippen molar-refractivity contribution >= 4 is 0 Å². The lowest BCUT2D eigenvalue weighted by Crippen LogP contribution is -2.28. The lowest BCUT2D eigenvalue weighted by atomic mass is 10.0. The highest BCUT2D eigenvalue weighted by atomic mass is 15.1. The summed E-state index contributed by atoms with van der Waals surface area (Å²) in [6, 6.07) is 0.497. The molecule has 2 fully saturated rings. The fourth-order valence-electron chi connectivity index (χ4n) is 2.48. The van der Waals surface area contributed by atoms with E-state index in [1.54, 1.807) is 0 Å². The number of rotatable bonds is 2. The van der Waals surface area contributed by atoms with Crippen molar-refractivity contribution in [3.63, 3.8) is 0 Å². The van der Waals surface area contributed by atoms with Crippen molar-refractivity contribution in [3.05, 3.63) is 17.7 Å². The normalized spacial score (nSPS) is 26.9. The predicted octanol–water partition coefficient (Wildman–Crippen LogP) is 2.11. The van der Waals surface area contributed by atoms with Gasteiger partial charge < -0.3 is 9.88 Å². The van der Waals surface area contributed by atoms with Gasteiger partial charge in [-0.25, -0.2) is 4.98 Å². The molecule has 2 aliphatic rings. The van der Waals surface area contributed by atoms with E-state index in [1.165, 1.54) is 43.6 Å². The summed E-state index contributed by atoms with van der Waals surface area (Å²) in [6.07, 6.45) is 8.81. The second kappa shape index (κ2) is 3.63. The van der Waals surface area contributed by atoms with E-state index in [1.807, 2.05) is 0 Å². The molecule has 0 bridgehead atoms. The maximum atomic E-state index is 4.80. The van der Waals surface area contributed by atoms with E-state index in [9.17, 15) is 0 Å². The van der Waals surface area contributed by atoms with Crippen molar-refractivity contribution in [2.45, 2.75) is 44.1 Å². The van der Waals surface area contributed by atoms with Crippen LogP contribution in [0.4, 0.5) is 0 Å². The molecule has 1 aromatic rings. The molecule has 1 aliphatic heterocycles. The molecule has 1 atom stereocenters. The Hall–Kier alpha value is -0.830. The van der Waals surface area contributed by atoms with Crippen molar-refractivity contribution in [1.82, 2.24) is 14.9 Å². The lowest BCUT2D eigenvalue weighted by Gasteiger charge is -2.22. The quantitative estimate of drug-likeness (QED) is 0.801. The van der Waals surface area contributed by atoms with Gasteiger partial charge in [-0.15, -0.1) is 0 Å². The van der Waals surface area contributed by atoms with Crippen LogP contribution < -0.4 is 5.32 Å². The highest BCUT2D eigenvalue weighted by molar-refractivity contribution is 5.16. The summed E-state index contributed by atoms with van der Waals surface area (Å²) in [5, 5.41) is 3.57.